The van der Waals surface area contributed by atoms with Crippen molar-refractivity contribution in [1.29, 1.82) is 5.26 Å². The zero-order chi connectivity index (χ0) is 16.5. The smallest absolute Gasteiger partial charge is 0.407 e. The van der Waals surface area contributed by atoms with Crippen molar-refractivity contribution < 1.29 is 9.53 Å². The topological polar surface area (TPSA) is 65.4 Å². The van der Waals surface area contributed by atoms with Gasteiger partial charge in [0.25, 0.3) is 0 Å². The highest BCUT2D eigenvalue weighted by molar-refractivity contribution is 5.67. The molecular weight excluding hydrogens is 290 g/mol. The lowest BCUT2D eigenvalue weighted by atomic mass is 10.0. The Balaban J connectivity index is 1.71. The summed E-state index contributed by atoms with van der Waals surface area (Å²) in [6, 6.07) is 10.1. The fourth-order valence-corrected chi connectivity index (χ4v) is 2.75. The van der Waals surface area contributed by atoms with Crippen LogP contribution < -0.4 is 5.32 Å². The van der Waals surface area contributed by atoms with Crippen molar-refractivity contribution in [2.75, 3.05) is 19.7 Å². The molecule has 23 heavy (non-hydrogen) atoms. The number of carbonyl (C=O) groups excluding carboxylic acids is 1. The maximum Gasteiger partial charge on any atom is 0.407 e. The molecule has 5 nitrogen and oxygen atoms in total. The fourth-order valence-electron chi connectivity index (χ4n) is 2.75. The minimum atomic E-state index is -0.293. The number of rotatable bonds is 6. The van der Waals surface area contributed by atoms with Crippen LogP contribution in [0, 0.1) is 11.3 Å². The van der Waals surface area contributed by atoms with E-state index in [0.29, 0.717) is 12.2 Å². The van der Waals surface area contributed by atoms with Crippen LogP contribution in [0.5, 0.6) is 0 Å². The number of unbranched alkanes of at least 4 members (excludes halogenated alkanes) is 1. The number of amides is 1. The van der Waals surface area contributed by atoms with Crippen molar-refractivity contribution in [2.24, 2.45) is 0 Å². The molecule has 1 heterocycles. The van der Waals surface area contributed by atoms with Crippen molar-refractivity contribution in [3.05, 3.63) is 35.4 Å². The zero-order valence-electron chi connectivity index (χ0n) is 13.8. The second-order valence-corrected chi connectivity index (χ2v) is 6.00. The Morgan fingerprint density at radius 2 is 2.22 bits per heavy atom. The zero-order valence-corrected chi connectivity index (χ0v) is 13.8. The van der Waals surface area contributed by atoms with Crippen molar-refractivity contribution in [3.63, 3.8) is 0 Å². The Hall–Kier alpha value is -2.06. The molecule has 1 fully saturated rings. The molecule has 1 amide bonds. The molecule has 124 valence electrons. The van der Waals surface area contributed by atoms with E-state index in [1.807, 2.05) is 18.2 Å². The van der Waals surface area contributed by atoms with Gasteiger partial charge in [0.05, 0.1) is 18.2 Å². The molecule has 0 aromatic heterocycles. The average molecular weight is 315 g/mol. The van der Waals surface area contributed by atoms with Crippen LogP contribution in [0.4, 0.5) is 4.79 Å². The van der Waals surface area contributed by atoms with E-state index in [2.05, 4.69) is 29.3 Å². The van der Waals surface area contributed by atoms with Gasteiger partial charge in [-0.1, -0.05) is 25.5 Å². The quantitative estimate of drug-likeness (QED) is 0.819. The Morgan fingerprint density at radius 1 is 1.43 bits per heavy atom. The van der Waals surface area contributed by atoms with Crippen molar-refractivity contribution in [1.82, 2.24) is 10.2 Å². The highest BCUT2D eigenvalue weighted by atomic mass is 16.5. The Morgan fingerprint density at radius 3 is 2.91 bits per heavy atom. The van der Waals surface area contributed by atoms with Crippen LogP contribution in [0.15, 0.2) is 24.3 Å². The number of nitrogens with one attached hydrogen (secondary N) is 1. The number of alkyl carbamates (subject to hydrolysis) is 1. The highest BCUT2D eigenvalue weighted by Gasteiger charge is 2.21. The van der Waals surface area contributed by atoms with Crippen LogP contribution in [0.3, 0.4) is 0 Å². The normalized spacial score (nSPS) is 15.8. The number of benzene rings is 1. The molecule has 1 aliphatic heterocycles. The van der Waals surface area contributed by atoms with Gasteiger partial charge in [-0.2, -0.15) is 5.26 Å². The van der Waals surface area contributed by atoms with E-state index in [1.54, 1.807) is 0 Å². The number of nitrogens with zero attached hydrogens (tertiary/aromatic N) is 2. The van der Waals surface area contributed by atoms with Crippen LogP contribution in [0.25, 0.3) is 0 Å². The van der Waals surface area contributed by atoms with Gasteiger partial charge in [0.2, 0.25) is 0 Å². The monoisotopic (exact) mass is 315 g/mol. The van der Waals surface area contributed by atoms with Crippen LogP contribution in [-0.4, -0.2) is 36.7 Å². The minimum Gasteiger partial charge on any atom is -0.450 e. The van der Waals surface area contributed by atoms with Crippen molar-refractivity contribution in [2.45, 2.75) is 45.2 Å². The van der Waals surface area contributed by atoms with Crippen LogP contribution in [-0.2, 0) is 11.3 Å². The second-order valence-electron chi connectivity index (χ2n) is 6.00. The Kier molecular flexibility index (Phi) is 6.89. The number of nitriles is 1. The SMILES string of the molecule is CCCCOC(=O)NC1CCN(Cc2cccc(C#N)c2)CC1. The molecule has 0 radical (unpaired) electrons. The Bertz CT molecular complexity index is 545. The minimum absolute atomic E-state index is 0.200. The molecular formula is C18H25N3O2. The third kappa shape index (κ3) is 5.91. The summed E-state index contributed by atoms with van der Waals surface area (Å²) in [5, 5.41) is 11.9. The van der Waals surface area contributed by atoms with Crippen LogP contribution in [0.1, 0.15) is 43.7 Å². The van der Waals surface area contributed by atoms with Gasteiger partial charge in [0, 0.05) is 25.7 Å². The lowest BCUT2D eigenvalue weighted by molar-refractivity contribution is 0.130. The standard InChI is InChI=1S/C18H25N3O2/c1-2-3-11-23-18(22)20-17-7-9-21(10-8-17)14-16-6-4-5-15(12-16)13-19/h4-6,12,17H,2-3,7-11,14H2,1H3,(H,20,22). The predicted molar refractivity (Wildman–Crippen MR) is 88.8 cm³/mol. The second kappa shape index (κ2) is 9.16. The molecule has 1 aliphatic rings. The summed E-state index contributed by atoms with van der Waals surface area (Å²) in [4.78, 5) is 14.0. The summed E-state index contributed by atoms with van der Waals surface area (Å²) in [5.41, 5.74) is 1.86. The van der Waals surface area contributed by atoms with Gasteiger partial charge in [-0.25, -0.2) is 4.79 Å². The van der Waals surface area contributed by atoms with Gasteiger partial charge in [-0.3, -0.25) is 4.90 Å². The van der Waals surface area contributed by atoms with E-state index in [1.165, 1.54) is 0 Å². The molecule has 1 saturated heterocycles. The first-order chi connectivity index (χ1) is 11.2. The first-order valence-corrected chi connectivity index (χ1v) is 8.36. The number of piperidine rings is 1. The molecule has 0 aliphatic carbocycles. The van der Waals surface area contributed by atoms with E-state index >= 15 is 0 Å². The summed E-state index contributed by atoms with van der Waals surface area (Å²) < 4.78 is 5.14. The van der Waals surface area contributed by atoms with E-state index < -0.39 is 0 Å². The first-order valence-electron chi connectivity index (χ1n) is 8.36. The summed E-state index contributed by atoms with van der Waals surface area (Å²) >= 11 is 0. The van der Waals surface area contributed by atoms with E-state index in [4.69, 9.17) is 10.00 Å². The highest BCUT2D eigenvalue weighted by Crippen LogP contribution is 2.15. The number of carbonyl (C=O) groups is 1. The van der Waals surface area contributed by atoms with Crippen molar-refractivity contribution in [3.8, 4) is 6.07 Å². The van der Waals surface area contributed by atoms with Gasteiger partial charge in [-0.15, -0.1) is 0 Å². The molecule has 0 unspecified atom stereocenters. The third-order valence-corrected chi connectivity index (χ3v) is 4.10. The lowest BCUT2D eigenvalue weighted by Gasteiger charge is -2.32. The van der Waals surface area contributed by atoms with Gasteiger partial charge in [0.15, 0.2) is 0 Å². The van der Waals surface area contributed by atoms with Crippen LogP contribution >= 0.6 is 0 Å². The maximum atomic E-state index is 11.7. The molecule has 5 heteroatoms. The maximum absolute atomic E-state index is 11.7. The number of hydrogen-bond acceptors (Lipinski definition) is 4. The summed E-state index contributed by atoms with van der Waals surface area (Å²) in [5.74, 6) is 0. The molecule has 0 spiro atoms. The van der Waals surface area contributed by atoms with Gasteiger partial charge >= 0.3 is 6.09 Å². The molecule has 2 rings (SSSR count). The third-order valence-electron chi connectivity index (χ3n) is 4.10. The molecule has 1 aromatic rings. The van der Waals surface area contributed by atoms with Crippen molar-refractivity contribution >= 4 is 6.09 Å². The fraction of sp³-hybridized carbons (Fsp3) is 0.556. The van der Waals surface area contributed by atoms with Crippen LogP contribution in [0.2, 0.25) is 0 Å². The van der Waals surface area contributed by atoms with E-state index in [9.17, 15) is 4.79 Å². The molecule has 0 saturated carbocycles. The van der Waals surface area contributed by atoms with Gasteiger partial charge < -0.3 is 10.1 Å². The number of ether oxygens (including phenoxy) is 1. The largest absolute Gasteiger partial charge is 0.450 e. The predicted octanol–water partition coefficient (Wildman–Crippen LogP) is 3.05. The van der Waals surface area contributed by atoms with E-state index in [-0.39, 0.29) is 12.1 Å². The first kappa shape index (κ1) is 17.3. The summed E-state index contributed by atoms with van der Waals surface area (Å²) in [6.45, 7) is 5.30. The molecule has 0 atom stereocenters. The van der Waals surface area contributed by atoms with E-state index in [0.717, 1.165) is 50.9 Å². The lowest BCUT2D eigenvalue weighted by Crippen LogP contribution is -2.44. The summed E-state index contributed by atoms with van der Waals surface area (Å²) in [6.07, 6.45) is 3.51. The summed E-state index contributed by atoms with van der Waals surface area (Å²) in [7, 11) is 0. The molecule has 1 N–H and O–H groups in total. The Labute approximate surface area is 138 Å². The number of likely N-dealkylation sites (tertiary alicyclic amines) is 1. The average Bonchev–Trinajstić information content (AvgIpc) is 2.57. The van der Waals surface area contributed by atoms with Gasteiger partial charge in [0.1, 0.15) is 0 Å². The molecule has 0 bridgehead atoms. The number of hydrogen-bond donors (Lipinski definition) is 1. The van der Waals surface area contributed by atoms with Gasteiger partial charge in [-0.05, 0) is 37.0 Å². The molecule has 1 aromatic carbocycles.